The molecule has 7 heteroatoms. The lowest BCUT2D eigenvalue weighted by molar-refractivity contribution is 0.318. The van der Waals surface area contributed by atoms with Gasteiger partial charge in [0.2, 0.25) is 0 Å². The number of ether oxygens (including phenoxy) is 1. The topological polar surface area (TPSA) is 85.7 Å². The number of benzene rings is 1. The molecule has 1 heterocycles. The van der Waals surface area contributed by atoms with Crippen molar-refractivity contribution in [3.05, 3.63) is 36.2 Å². The Balaban J connectivity index is 2.34. The van der Waals surface area contributed by atoms with E-state index in [-0.39, 0.29) is 5.84 Å². The molecule has 21 heavy (non-hydrogen) atoms. The van der Waals surface area contributed by atoms with E-state index in [2.05, 4.69) is 17.2 Å². The summed E-state index contributed by atoms with van der Waals surface area (Å²) in [5.41, 5.74) is 6.34. The largest absolute Gasteiger partial charge is 0.453 e. The van der Waals surface area contributed by atoms with Gasteiger partial charge in [0.05, 0.1) is 18.0 Å². The number of amidine groups is 1. The van der Waals surface area contributed by atoms with Crippen LogP contribution in [0.1, 0.15) is 18.9 Å². The second-order valence-electron chi connectivity index (χ2n) is 4.36. The lowest BCUT2D eigenvalue weighted by atomic mass is 10.2. The van der Waals surface area contributed by atoms with Gasteiger partial charge in [-0.2, -0.15) is 5.10 Å². The van der Waals surface area contributed by atoms with E-state index in [9.17, 15) is 0 Å². The van der Waals surface area contributed by atoms with Gasteiger partial charge in [-0.15, -0.1) is 11.8 Å². The molecular weight excluding hydrogens is 288 g/mol. The van der Waals surface area contributed by atoms with Crippen LogP contribution >= 0.6 is 11.8 Å². The Kier molecular flexibility index (Phi) is 5.10. The quantitative estimate of drug-likeness (QED) is 0.282. The molecule has 0 aliphatic carbocycles. The van der Waals surface area contributed by atoms with Gasteiger partial charge in [0.25, 0.3) is 0 Å². The molecule has 0 bridgehead atoms. The van der Waals surface area contributed by atoms with E-state index in [0.717, 1.165) is 17.9 Å². The Morgan fingerprint density at radius 1 is 1.52 bits per heavy atom. The SMILES string of the molecule is CCCn1cc(Oc2cccc(SC)c2/C(N)=N/O)cn1. The summed E-state index contributed by atoms with van der Waals surface area (Å²) < 4.78 is 7.65. The Bertz CT molecular complexity index is 640. The fourth-order valence-electron chi connectivity index (χ4n) is 1.94. The van der Waals surface area contributed by atoms with Crippen molar-refractivity contribution in [3.8, 4) is 11.5 Å². The van der Waals surface area contributed by atoms with Crippen molar-refractivity contribution >= 4 is 17.6 Å². The zero-order valence-corrected chi connectivity index (χ0v) is 12.8. The van der Waals surface area contributed by atoms with Crippen molar-refractivity contribution in [1.29, 1.82) is 0 Å². The van der Waals surface area contributed by atoms with Crippen LogP contribution in [-0.2, 0) is 6.54 Å². The Morgan fingerprint density at radius 2 is 2.33 bits per heavy atom. The summed E-state index contributed by atoms with van der Waals surface area (Å²) in [5.74, 6) is 1.18. The smallest absolute Gasteiger partial charge is 0.175 e. The first-order valence-corrected chi connectivity index (χ1v) is 7.77. The minimum atomic E-state index is 0.0240. The molecule has 6 nitrogen and oxygen atoms in total. The van der Waals surface area contributed by atoms with Gasteiger partial charge in [0, 0.05) is 11.4 Å². The number of rotatable bonds is 6. The standard InChI is InChI=1S/C14H18N4O2S/c1-3-7-18-9-10(8-16-18)20-11-5-4-6-12(21-2)13(11)14(15)17-19/h4-6,8-9,19H,3,7H2,1-2H3,(H2,15,17). The van der Waals surface area contributed by atoms with E-state index in [1.165, 1.54) is 11.8 Å². The summed E-state index contributed by atoms with van der Waals surface area (Å²) in [6.07, 6.45) is 6.40. The Morgan fingerprint density at radius 3 is 3.00 bits per heavy atom. The van der Waals surface area contributed by atoms with E-state index in [4.69, 9.17) is 15.7 Å². The highest BCUT2D eigenvalue weighted by Gasteiger charge is 2.15. The van der Waals surface area contributed by atoms with Crippen LogP contribution in [0.4, 0.5) is 0 Å². The second-order valence-corrected chi connectivity index (χ2v) is 5.21. The van der Waals surface area contributed by atoms with Crippen molar-refractivity contribution < 1.29 is 9.94 Å². The van der Waals surface area contributed by atoms with Crippen molar-refractivity contribution in [2.24, 2.45) is 10.9 Å². The van der Waals surface area contributed by atoms with Crippen LogP contribution in [0.3, 0.4) is 0 Å². The highest BCUT2D eigenvalue weighted by atomic mass is 32.2. The maximum absolute atomic E-state index is 8.95. The van der Waals surface area contributed by atoms with Gasteiger partial charge in [-0.3, -0.25) is 4.68 Å². The normalized spacial score (nSPS) is 11.6. The van der Waals surface area contributed by atoms with E-state index in [1.54, 1.807) is 12.3 Å². The molecule has 0 radical (unpaired) electrons. The summed E-state index contributed by atoms with van der Waals surface area (Å²) in [4.78, 5) is 0.878. The summed E-state index contributed by atoms with van der Waals surface area (Å²) in [5, 5.41) is 16.3. The molecule has 3 N–H and O–H groups in total. The number of oxime groups is 1. The molecule has 0 saturated carbocycles. The summed E-state index contributed by atoms with van der Waals surface area (Å²) >= 11 is 1.50. The molecule has 0 amide bonds. The molecule has 1 aromatic heterocycles. The van der Waals surface area contributed by atoms with Crippen LogP contribution in [0, 0.1) is 0 Å². The molecule has 0 saturated heterocycles. The van der Waals surface area contributed by atoms with Gasteiger partial charge in [0.1, 0.15) is 5.75 Å². The molecule has 1 aromatic carbocycles. The molecule has 0 atom stereocenters. The molecule has 0 unspecified atom stereocenters. The van der Waals surface area contributed by atoms with Crippen LogP contribution in [0.25, 0.3) is 0 Å². The number of hydrogen-bond donors (Lipinski definition) is 2. The molecule has 112 valence electrons. The van der Waals surface area contributed by atoms with Gasteiger partial charge in [-0.1, -0.05) is 18.1 Å². The van der Waals surface area contributed by atoms with E-state index in [0.29, 0.717) is 17.1 Å². The lowest BCUT2D eigenvalue weighted by Gasteiger charge is -2.12. The molecule has 2 rings (SSSR count). The van der Waals surface area contributed by atoms with Crippen LogP contribution < -0.4 is 10.5 Å². The Labute approximate surface area is 127 Å². The van der Waals surface area contributed by atoms with Crippen LogP contribution in [0.5, 0.6) is 11.5 Å². The fourth-order valence-corrected chi connectivity index (χ4v) is 2.57. The van der Waals surface area contributed by atoms with Crippen LogP contribution in [0.2, 0.25) is 0 Å². The zero-order chi connectivity index (χ0) is 15.2. The van der Waals surface area contributed by atoms with Crippen molar-refractivity contribution in [2.75, 3.05) is 6.26 Å². The second kappa shape index (κ2) is 7.03. The molecule has 2 aromatic rings. The summed E-state index contributed by atoms with van der Waals surface area (Å²) in [6.45, 7) is 2.92. The molecule has 0 spiro atoms. The van der Waals surface area contributed by atoms with E-state index in [1.807, 2.05) is 29.3 Å². The molecular formula is C14H18N4O2S. The van der Waals surface area contributed by atoms with E-state index < -0.39 is 0 Å². The third-order valence-electron chi connectivity index (χ3n) is 2.86. The molecule has 0 aliphatic rings. The van der Waals surface area contributed by atoms with Crippen molar-refractivity contribution in [3.63, 3.8) is 0 Å². The molecule has 0 fully saturated rings. The van der Waals surface area contributed by atoms with Gasteiger partial charge < -0.3 is 15.7 Å². The first-order chi connectivity index (χ1) is 10.2. The summed E-state index contributed by atoms with van der Waals surface area (Å²) in [6, 6.07) is 5.54. The van der Waals surface area contributed by atoms with Crippen molar-refractivity contribution in [1.82, 2.24) is 9.78 Å². The van der Waals surface area contributed by atoms with Gasteiger partial charge in [0.15, 0.2) is 11.6 Å². The third-order valence-corrected chi connectivity index (χ3v) is 3.64. The lowest BCUT2D eigenvalue weighted by Crippen LogP contribution is -2.15. The van der Waals surface area contributed by atoms with Crippen LogP contribution in [-0.4, -0.2) is 27.1 Å². The van der Waals surface area contributed by atoms with Gasteiger partial charge in [-0.25, -0.2) is 0 Å². The minimum absolute atomic E-state index is 0.0240. The molecule has 0 aliphatic heterocycles. The van der Waals surface area contributed by atoms with Gasteiger partial charge in [-0.05, 0) is 24.8 Å². The highest BCUT2D eigenvalue weighted by Crippen LogP contribution is 2.31. The number of hydrogen-bond acceptors (Lipinski definition) is 5. The maximum atomic E-state index is 8.95. The number of thioether (sulfide) groups is 1. The Hall–Kier alpha value is -2.15. The average Bonchev–Trinajstić information content (AvgIpc) is 2.94. The maximum Gasteiger partial charge on any atom is 0.175 e. The van der Waals surface area contributed by atoms with Crippen molar-refractivity contribution in [2.45, 2.75) is 24.8 Å². The number of aryl methyl sites for hydroxylation is 1. The summed E-state index contributed by atoms with van der Waals surface area (Å²) in [7, 11) is 0. The van der Waals surface area contributed by atoms with Crippen LogP contribution in [0.15, 0.2) is 40.6 Å². The fraction of sp³-hybridized carbons (Fsp3) is 0.286. The van der Waals surface area contributed by atoms with E-state index >= 15 is 0 Å². The number of nitrogens with two attached hydrogens (primary N) is 1. The first-order valence-electron chi connectivity index (χ1n) is 6.54. The predicted molar refractivity (Wildman–Crippen MR) is 83.3 cm³/mol. The third kappa shape index (κ3) is 3.49. The van der Waals surface area contributed by atoms with Gasteiger partial charge >= 0.3 is 0 Å². The minimum Gasteiger partial charge on any atom is -0.453 e. The zero-order valence-electron chi connectivity index (χ0n) is 12.0. The highest BCUT2D eigenvalue weighted by molar-refractivity contribution is 7.98. The number of nitrogens with zero attached hydrogens (tertiary/aromatic N) is 3. The monoisotopic (exact) mass is 306 g/mol. The average molecular weight is 306 g/mol. The predicted octanol–water partition coefficient (Wildman–Crippen LogP) is 2.90. The number of aromatic nitrogens is 2. The first kappa shape index (κ1) is 15.2.